The van der Waals surface area contributed by atoms with Gasteiger partial charge in [0.25, 0.3) is 0 Å². The second-order valence-electron chi connectivity index (χ2n) is 3.59. The van der Waals surface area contributed by atoms with Crippen molar-refractivity contribution in [1.29, 1.82) is 0 Å². The molecule has 2 radical (unpaired) electrons. The maximum absolute atomic E-state index is 10.6. The van der Waals surface area contributed by atoms with E-state index in [2.05, 4.69) is 26.5 Å². The second kappa shape index (κ2) is 30.5. The van der Waals surface area contributed by atoms with Gasteiger partial charge in [-0.05, 0) is 13.5 Å². The second-order valence-corrected chi connectivity index (χ2v) is 3.59. The zero-order valence-corrected chi connectivity index (χ0v) is 15.0. The lowest BCUT2D eigenvalue weighted by atomic mass is 9.67. The molecule has 0 aliphatic carbocycles. The molecular weight excluding hydrogens is 235 g/mol. The Balaban J connectivity index is -0.0000000607. The fourth-order valence-electron chi connectivity index (χ4n) is 0.667. The highest BCUT2D eigenvalue weighted by Gasteiger charge is 2.22. The molecule has 0 heterocycles. The number of unbranched alkanes of at least 4 members (excludes halogenated alkanes) is 1. The minimum absolute atomic E-state index is 0.416. The SMILES string of the molecule is CC.CC.CCC.CN.[B]C(C)(CCCC)C(N)=O. The summed E-state index contributed by atoms with van der Waals surface area (Å²) in [6.45, 7) is 16.0. The molecule has 3 nitrogen and oxygen atoms in total. The molecule has 0 aliphatic rings. The maximum Gasteiger partial charge on any atom is 0.214 e. The van der Waals surface area contributed by atoms with Crippen LogP contribution in [0, 0.1) is 0 Å². The molecule has 0 fully saturated rings. The molecule has 0 aromatic rings. The average molecular weight is 274 g/mol. The van der Waals surface area contributed by atoms with Crippen LogP contribution < -0.4 is 11.5 Å². The highest BCUT2D eigenvalue weighted by molar-refractivity contribution is 6.27. The lowest BCUT2D eigenvalue weighted by molar-refractivity contribution is -0.120. The first kappa shape index (κ1) is 31.1. The largest absolute Gasteiger partial charge is 0.370 e. The summed E-state index contributed by atoms with van der Waals surface area (Å²) in [7, 11) is 7.07. The molecular formula is C15H39BN2O. The van der Waals surface area contributed by atoms with Crippen LogP contribution in [0.2, 0.25) is 5.31 Å². The molecule has 1 unspecified atom stereocenters. The molecule has 0 rings (SSSR count). The number of rotatable bonds is 4. The van der Waals surface area contributed by atoms with E-state index in [0.29, 0.717) is 6.42 Å². The van der Waals surface area contributed by atoms with Gasteiger partial charge in [-0.2, -0.15) is 0 Å². The highest BCUT2D eigenvalue weighted by Crippen LogP contribution is 2.26. The minimum Gasteiger partial charge on any atom is -0.370 e. The molecule has 0 saturated carbocycles. The van der Waals surface area contributed by atoms with Crippen LogP contribution in [0.5, 0.6) is 0 Å². The molecule has 19 heavy (non-hydrogen) atoms. The van der Waals surface area contributed by atoms with E-state index in [-0.39, 0.29) is 0 Å². The maximum atomic E-state index is 10.6. The van der Waals surface area contributed by atoms with Crippen LogP contribution in [0.3, 0.4) is 0 Å². The molecule has 1 amide bonds. The summed E-state index contributed by atoms with van der Waals surface area (Å²) in [5, 5.41) is -0.810. The highest BCUT2D eigenvalue weighted by atomic mass is 16.1. The third kappa shape index (κ3) is 38.1. The molecule has 0 spiro atoms. The van der Waals surface area contributed by atoms with Gasteiger partial charge in [0, 0.05) is 5.31 Å². The molecule has 4 N–H and O–H groups in total. The third-order valence-corrected chi connectivity index (χ3v) is 1.61. The Morgan fingerprint density at radius 3 is 1.47 bits per heavy atom. The van der Waals surface area contributed by atoms with Crippen molar-refractivity contribution in [2.75, 3.05) is 7.05 Å². The van der Waals surface area contributed by atoms with Gasteiger partial charge >= 0.3 is 0 Å². The van der Waals surface area contributed by atoms with Crippen molar-refractivity contribution >= 4 is 13.8 Å². The van der Waals surface area contributed by atoms with E-state index in [0.717, 1.165) is 12.8 Å². The molecule has 0 saturated heterocycles. The normalized spacial score (nSPS) is 10.4. The first-order valence-electron chi connectivity index (χ1n) is 7.58. The third-order valence-electron chi connectivity index (χ3n) is 1.61. The van der Waals surface area contributed by atoms with Crippen LogP contribution in [0.15, 0.2) is 0 Å². The fourth-order valence-corrected chi connectivity index (χ4v) is 0.667. The average Bonchev–Trinajstić information content (AvgIpc) is 2.44. The molecule has 0 aliphatic heterocycles. The van der Waals surface area contributed by atoms with Gasteiger partial charge in [0.05, 0.1) is 7.85 Å². The topological polar surface area (TPSA) is 69.1 Å². The quantitative estimate of drug-likeness (QED) is 0.759. The van der Waals surface area contributed by atoms with Gasteiger partial charge in [-0.1, -0.05) is 74.7 Å². The van der Waals surface area contributed by atoms with Gasteiger partial charge in [-0.25, -0.2) is 0 Å². The Kier molecular flexibility index (Phi) is 49.9. The van der Waals surface area contributed by atoms with E-state index in [1.54, 1.807) is 6.92 Å². The molecule has 1 atom stereocenters. The van der Waals surface area contributed by atoms with Gasteiger partial charge in [-0.3, -0.25) is 4.79 Å². The molecule has 0 aromatic carbocycles. The minimum atomic E-state index is -0.810. The van der Waals surface area contributed by atoms with Crippen LogP contribution in [0.4, 0.5) is 0 Å². The van der Waals surface area contributed by atoms with Crippen molar-refractivity contribution < 1.29 is 4.79 Å². The van der Waals surface area contributed by atoms with Crippen LogP contribution in [0.25, 0.3) is 0 Å². The van der Waals surface area contributed by atoms with E-state index in [1.165, 1.54) is 13.5 Å². The predicted molar refractivity (Wildman–Crippen MR) is 91.6 cm³/mol. The van der Waals surface area contributed by atoms with Crippen molar-refractivity contribution in [2.45, 2.75) is 86.4 Å². The van der Waals surface area contributed by atoms with Gasteiger partial charge in [0.15, 0.2) is 0 Å². The lowest BCUT2D eigenvalue weighted by Crippen LogP contribution is -2.28. The van der Waals surface area contributed by atoms with E-state index >= 15 is 0 Å². The van der Waals surface area contributed by atoms with Crippen LogP contribution in [-0.4, -0.2) is 20.8 Å². The Morgan fingerprint density at radius 1 is 1.05 bits per heavy atom. The Labute approximate surface area is 124 Å². The Bertz CT molecular complexity index is 140. The number of amides is 1. The first-order valence-corrected chi connectivity index (χ1v) is 7.58. The van der Waals surface area contributed by atoms with Crippen molar-refractivity contribution in [2.24, 2.45) is 11.5 Å². The predicted octanol–water partition coefficient (Wildman–Crippen LogP) is 4.05. The number of hydrogen-bond acceptors (Lipinski definition) is 2. The lowest BCUT2D eigenvalue weighted by Gasteiger charge is -2.19. The molecule has 4 heteroatoms. The summed E-state index contributed by atoms with van der Waals surface area (Å²) < 4.78 is 0. The van der Waals surface area contributed by atoms with Crippen LogP contribution in [0.1, 0.15) is 81.1 Å². The zero-order valence-electron chi connectivity index (χ0n) is 15.0. The summed E-state index contributed by atoms with van der Waals surface area (Å²) in [6, 6.07) is 0. The number of nitrogens with two attached hydrogens (primary N) is 2. The monoisotopic (exact) mass is 274 g/mol. The number of primary amides is 1. The van der Waals surface area contributed by atoms with Crippen molar-refractivity contribution in [3.63, 3.8) is 0 Å². The first-order chi connectivity index (χ1) is 8.92. The van der Waals surface area contributed by atoms with Gasteiger partial charge in [0.2, 0.25) is 5.91 Å². The van der Waals surface area contributed by atoms with Crippen molar-refractivity contribution in [3.8, 4) is 0 Å². The Hall–Kier alpha value is -0.505. The number of carbonyl (C=O) groups excluding carboxylic acids is 1. The van der Waals surface area contributed by atoms with Gasteiger partial charge in [-0.15, -0.1) is 0 Å². The Morgan fingerprint density at radius 2 is 1.32 bits per heavy atom. The molecule has 0 bridgehead atoms. The summed E-state index contributed by atoms with van der Waals surface area (Å²) in [4.78, 5) is 10.6. The summed E-state index contributed by atoms with van der Waals surface area (Å²) in [5.74, 6) is -0.416. The fraction of sp³-hybridized carbons (Fsp3) is 0.933. The van der Waals surface area contributed by atoms with Gasteiger partial charge in [0.1, 0.15) is 0 Å². The van der Waals surface area contributed by atoms with Crippen molar-refractivity contribution in [3.05, 3.63) is 0 Å². The van der Waals surface area contributed by atoms with E-state index < -0.39 is 11.2 Å². The van der Waals surface area contributed by atoms with Gasteiger partial charge < -0.3 is 11.5 Å². The van der Waals surface area contributed by atoms with Crippen LogP contribution >= 0.6 is 0 Å². The molecule has 0 aromatic heterocycles. The smallest absolute Gasteiger partial charge is 0.214 e. The molecule has 118 valence electrons. The van der Waals surface area contributed by atoms with E-state index in [9.17, 15) is 4.79 Å². The van der Waals surface area contributed by atoms with Crippen molar-refractivity contribution in [1.82, 2.24) is 0 Å². The number of carbonyl (C=O) groups is 1. The van der Waals surface area contributed by atoms with Crippen LogP contribution in [-0.2, 0) is 4.79 Å². The van der Waals surface area contributed by atoms with E-state index in [1.807, 2.05) is 27.7 Å². The zero-order chi connectivity index (χ0) is 16.9. The number of hydrogen-bond donors (Lipinski definition) is 2. The summed E-state index contributed by atoms with van der Waals surface area (Å²) >= 11 is 0. The standard InChI is InChI=1S/C7H14BNO.C3H8.2C2H6.CH5N/c1-3-4-5-7(2,8)6(9)10;1-3-2;3*1-2/h3-5H2,1-2H3,(H2,9,10);3H2,1-2H3;2*1-2H3;2H2,1H3. The summed E-state index contributed by atoms with van der Waals surface area (Å²) in [6.07, 6.45) is 3.93. The van der Waals surface area contributed by atoms with E-state index in [4.69, 9.17) is 13.6 Å². The summed E-state index contributed by atoms with van der Waals surface area (Å²) in [5.41, 5.74) is 9.55.